The molecule has 1 aliphatic rings. The second-order valence-corrected chi connectivity index (χ2v) is 10.3. The number of pyridine rings is 1. The van der Waals surface area contributed by atoms with E-state index in [1.807, 2.05) is 0 Å². The van der Waals surface area contributed by atoms with Crippen molar-refractivity contribution < 1.29 is 33.4 Å². The van der Waals surface area contributed by atoms with Crippen molar-refractivity contribution in [1.82, 2.24) is 14.8 Å². The van der Waals surface area contributed by atoms with E-state index in [0.29, 0.717) is 11.2 Å². The fourth-order valence-electron chi connectivity index (χ4n) is 3.44. The molecule has 2 aromatic heterocycles. The van der Waals surface area contributed by atoms with Crippen molar-refractivity contribution in [3.8, 4) is 0 Å². The van der Waals surface area contributed by atoms with Gasteiger partial charge in [0.25, 0.3) is 0 Å². The van der Waals surface area contributed by atoms with Crippen LogP contribution in [0.1, 0.15) is 48.0 Å². The second-order valence-electron chi connectivity index (χ2n) is 9.90. The predicted octanol–water partition coefficient (Wildman–Crippen LogP) is 3.85. The van der Waals surface area contributed by atoms with Gasteiger partial charge in [0.1, 0.15) is 22.6 Å². The Morgan fingerprint density at radius 2 is 1.68 bits per heavy atom. The molecule has 1 fully saturated rings. The number of nitrogens with zero attached hydrogens (tertiary/aromatic N) is 4. The largest absolute Gasteiger partial charge is 0.467 e. The maximum absolute atomic E-state index is 13.1. The summed E-state index contributed by atoms with van der Waals surface area (Å²) in [6.07, 6.45) is -1.36. The van der Waals surface area contributed by atoms with E-state index in [1.54, 1.807) is 41.5 Å². The standard InChI is InChI=1S/C22H27ClN4O7/c1-20(2,3)33-18(30)26(19(31)34-21(4,5)6)16-13-8-9-14(23)24-15(13)27(25-16)22(17(29)32-7)10-12(22)11-28/h8-9,11-12H,10H2,1-7H3/t12-,22+/m1/s1. The first-order valence-electron chi connectivity index (χ1n) is 10.5. The number of carbonyl (C=O) groups excluding carboxylic acids is 4. The first-order chi connectivity index (χ1) is 15.6. The van der Waals surface area contributed by atoms with E-state index < -0.39 is 40.8 Å². The summed E-state index contributed by atoms with van der Waals surface area (Å²) in [4.78, 5) is 55.5. The quantitative estimate of drug-likeness (QED) is 0.269. The molecule has 0 N–H and O–H groups in total. The summed E-state index contributed by atoms with van der Waals surface area (Å²) in [5.41, 5.74) is -3.29. The Kier molecular flexibility index (Phi) is 6.38. The molecule has 0 saturated heterocycles. The van der Waals surface area contributed by atoms with E-state index in [0.717, 1.165) is 0 Å². The molecule has 11 nitrogen and oxygen atoms in total. The highest BCUT2D eigenvalue weighted by atomic mass is 35.5. The van der Waals surface area contributed by atoms with Crippen molar-refractivity contribution in [2.45, 2.75) is 64.7 Å². The molecule has 0 bridgehead atoms. The van der Waals surface area contributed by atoms with Gasteiger partial charge in [-0.25, -0.2) is 24.0 Å². The van der Waals surface area contributed by atoms with E-state index in [4.69, 9.17) is 25.8 Å². The van der Waals surface area contributed by atoms with Crippen molar-refractivity contribution in [1.29, 1.82) is 0 Å². The number of aldehydes is 1. The Labute approximate surface area is 201 Å². The molecule has 184 valence electrons. The Hall–Kier alpha value is -3.21. The SMILES string of the molecule is COC(=O)[C@]1(n2nc(N(C(=O)OC(C)(C)C)C(=O)OC(C)(C)C)c3ccc(Cl)nc32)C[C@@H]1C=O. The van der Waals surface area contributed by atoms with Crippen LogP contribution >= 0.6 is 11.6 Å². The van der Waals surface area contributed by atoms with E-state index >= 15 is 0 Å². The van der Waals surface area contributed by atoms with Gasteiger partial charge in [0.2, 0.25) is 0 Å². The van der Waals surface area contributed by atoms with Crippen molar-refractivity contribution in [2.75, 3.05) is 12.0 Å². The molecular weight excluding hydrogens is 468 g/mol. The molecule has 0 aliphatic heterocycles. The minimum absolute atomic E-state index is 0.0737. The number of amides is 2. The van der Waals surface area contributed by atoms with Gasteiger partial charge in [-0.05, 0) is 60.1 Å². The Balaban J connectivity index is 2.26. The monoisotopic (exact) mass is 494 g/mol. The van der Waals surface area contributed by atoms with Gasteiger partial charge in [0.15, 0.2) is 17.0 Å². The number of ether oxygens (including phenoxy) is 3. The molecule has 2 aromatic rings. The molecule has 2 amide bonds. The average Bonchev–Trinajstić information content (AvgIpc) is 3.33. The lowest BCUT2D eigenvalue weighted by Crippen LogP contribution is -2.44. The number of hydrogen-bond acceptors (Lipinski definition) is 9. The minimum Gasteiger partial charge on any atom is -0.467 e. The van der Waals surface area contributed by atoms with Crippen LogP contribution < -0.4 is 4.90 Å². The third-order valence-corrected chi connectivity index (χ3v) is 5.12. The Bertz CT molecular complexity index is 1140. The fraction of sp³-hybridized carbons (Fsp3) is 0.545. The van der Waals surface area contributed by atoms with Crippen molar-refractivity contribution in [3.05, 3.63) is 17.3 Å². The summed E-state index contributed by atoms with van der Waals surface area (Å²) in [5.74, 6) is -1.65. The molecule has 2 heterocycles. The number of aromatic nitrogens is 3. The van der Waals surface area contributed by atoms with Crippen LogP contribution in [0.25, 0.3) is 11.0 Å². The van der Waals surface area contributed by atoms with Crippen molar-refractivity contribution in [3.63, 3.8) is 0 Å². The summed E-state index contributed by atoms with van der Waals surface area (Å²) in [6, 6.07) is 2.94. The summed E-state index contributed by atoms with van der Waals surface area (Å²) < 4.78 is 17.0. The van der Waals surface area contributed by atoms with Gasteiger partial charge >= 0.3 is 18.2 Å². The molecule has 0 radical (unpaired) electrons. The number of anilines is 1. The number of imide groups is 1. The lowest BCUT2D eigenvalue weighted by Gasteiger charge is -2.27. The smallest absolute Gasteiger partial charge is 0.425 e. The van der Waals surface area contributed by atoms with E-state index in [2.05, 4.69) is 10.1 Å². The molecule has 0 unspecified atom stereocenters. The van der Waals surface area contributed by atoms with E-state index in [1.165, 1.54) is 23.9 Å². The molecule has 12 heteroatoms. The molecule has 1 saturated carbocycles. The molecule has 3 rings (SSSR count). The predicted molar refractivity (Wildman–Crippen MR) is 122 cm³/mol. The van der Waals surface area contributed by atoms with Crippen LogP contribution in [-0.2, 0) is 29.3 Å². The van der Waals surface area contributed by atoms with Crippen molar-refractivity contribution >= 4 is 52.9 Å². The molecule has 1 aliphatic carbocycles. The van der Waals surface area contributed by atoms with Crippen LogP contribution in [0.15, 0.2) is 12.1 Å². The highest BCUT2D eigenvalue weighted by molar-refractivity contribution is 6.30. The molecule has 34 heavy (non-hydrogen) atoms. The second kappa shape index (κ2) is 8.53. The van der Waals surface area contributed by atoms with Crippen LogP contribution in [-0.4, -0.2) is 57.5 Å². The van der Waals surface area contributed by atoms with Gasteiger partial charge in [-0.1, -0.05) is 11.6 Å². The Morgan fingerprint density at radius 1 is 1.12 bits per heavy atom. The minimum atomic E-state index is -1.49. The van der Waals surface area contributed by atoms with Crippen LogP contribution in [0.4, 0.5) is 15.4 Å². The van der Waals surface area contributed by atoms with Gasteiger partial charge in [0.05, 0.1) is 18.4 Å². The van der Waals surface area contributed by atoms with Crippen LogP contribution in [0.2, 0.25) is 5.15 Å². The number of fused-ring (bicyclic) bond motifs is 1. The zero-order chi connectivity index (χ0) is 25.6. The highest BCUT2D eigenvalue weighted by Gasteiger charge is 2.65. The Morgan fingerprint density at radius 3 is 2.12 bits per heavy atom. The van der Waals surface area contributed by atoms with Gasteiger partial charge < -0.3 is 19.0 Å². The summed E-state index contributed by atoms with van der Waals surface area (Å²) in [5, 5.41) is 4.68. The third kappa shape index (κ3) is 4.70. The molecule has 0 aromatic carbocycles. The summed E-state index contributed by atoms with van der Waals surface area (Å²) >= 11 is 6.10. The summed E-state index contributed by atoms with van der Waals surface area (Å²) in [6.45, 7) is 9.84. The number of halogens is 1. The summed E-state index contributed by atoms with van der Waals surface area (Å²) in [7, 11) is 1.19. The van der Waals surface area contributed by atoms with Crippen LogP contribution in [0.5, 0.6) is 0 Å². The molecule has 2 atom stereocenters. The lowest BCUT2D eigenvalue weighted by atomic mass is 10.2. The van der Waals surface area contributed by atoms with Gasteiger partial charge in [-0.15, -0.1) is 0 Å². The zero-order valence-corrected chi connectivity index (χ0v) is 20.8. The topological polar surface area (TPSA) is 130 Å². The van der Waals surface area contributed by atoms with Gasteiger partial charge in [-0.2, -0.15) is 10.00 Å². The number of hydrogen-bond donors (Lipinski definition) is 0. The molecule has 0 spiro atoms. The number of rotatable bonds is 4. The fourth-order valence-corrected chi connectivity index (χ4v) is 3.58. The maximum atomic E-state index is 13.1. The first kappa shape index (κ1) is 25.4. The maximum Gasteiger partial charge on any atom is 0.425 e. The van der Waals surface area contributed by atoms with Crippen molar-refractivity contribution in [2.24, 2.45) is 5.92 Å². The van der Waals surface area contributed by atoms with Gasteiger partial charge in [0, 0.05) is 0 Å². The van der Waals surface area contributed by atoms with E-state index in [9.17, 15) is 19.2 Å². The normalized spacial score (nSPS) is 19.9. The zero-order valence-electron chi connectivity index (χ0n) is 20.0. The van der Waals surface area contributed by atoms with Gasteiger partial charge in [-0.3, -0.25) is 0 Å². The van der Waals surface area contributed by atoms with Crippen LogP contribution in [0.3, 0.4) is 0 Å². The van der Waals surface area contributed by atoms with Crippen LogP contribution in [0, 0.1) is 5.92 Å². The third-order valence-electron chi connectivity index (χ3n) is 4.91. The van der Waals surface area contributed by atoms with E-state index in [-0.39, 0.29) is 28.4 Å². The average molecular weight is 495 g/mol. The number of methoxy groups -OCH3 is 1. The number of carbonyl (C=O) groups is 4. The molecular formula is C22H27ClN4O7. The number of esters is 1. The first-order valence-corrected chi connectivity index (χ1v) is 10.9. The highest BCUT2D eigenvalue weighted by Crippen LogP contribution is 2.51. The lowest BCUT2D eigenvalue weighted by molar-refractivity contribution is -0.147.